The summed E-state index contributed by atoms with van der Waals surface area (Å²) in [6.07, 6.45) is -4.80. The summed E-state index contributed by atoms with van der Waals surface area (Å²) in [6, 6.07) is 0. The lowest BCUT2D eigenvalue weighted by Crippen LogP contribution is -2.25. The molecule has 8 heteroatoms. The van der Waals surface area contributed by atoms with Gasteiger partial charge < -0.3 is 13.9 Å². The Balaban J connectivity index is 3.16. The zero-order valence-corrected chi connectivity index (χ0v) is 11.6. The van der Waals surface area contributed by atoms with Gasteiger partial charge in [0, 0.05) is 7.11 Å². The van der Waals surface area contributed by atoms with Crippen molar-refractivity contribution in [2.24, 2.45) is 0 Å². The predicted octanol–water partition coefficient (Wildman–Crippen LogP) is 2.84. The Hall–Kier alpha value is -1.57. The first kappa shape index (κ1) is 16.5. The number of alkyl halides is 3. The van der Waals surface area contributed by atoms with E-state index in [0.717, 1.165) is 0 Å². The third-order valence-corrected chi connectivity index (χ3v) is 2.53. The Morgan fingerprint density at radius 2 is 1.95 bits per heavy atom. The molecular weight excluding hydrogens is 279 g/mol. The number of hydrogen-bond donors (Lipinski definition) is 0. The van der Waals surface area contributed by atoms with Gasteiger partial charge in [0.15, 0.2) is 11.6 Å². The normalized spacial score (nSPS) is 12.6. The van der Waals surface area contributed by atoms with Gasteiger partial charge in [-0.15, -0.1) is 0 Å². The molecule has 0 saturated heterocycles. The minimum absolute atomic E-state index is 0.00795. The van der Waals surface area contributed by atoms with Gasteiger partial charge in [0.2, 0.25) is 5.76 Å². The summed E-state index contributed by atoms with van der Waals surface area (Å²) in [5.41, 5.74) is -2.14. The highest BCUT2D eigenvalue weighted by atomic mass is 19.4. The molecule has 1 aromatic rings. The number of carbonyl (C=O) groups excluding carboxylic acids is 1. The summed E-state index contributed by atoms with van der Waals surface area (Å²) in [5, 5.41) is 0. The van der Waals surface area contributed by atoms with Gasteiger partial charge >= 0.3 is 12.1 Å². The van der Waals surface area contributed by atoms with Crippen LogP contribution in [-0.4, -0.2) is 30.3 Å². The van der Waals surface area contributed by atoms with Crippen LogP contribution in [0.1, 0.15) is 42.9 Å². The SMILES string of the molecule is CCOC(=O)c1oc(CC(C)(C)OC)nc1C(F)(F)F. The number of carbonyl (C=O) groups is 1. The van der Waals surface area contributed by atoms with Gasteiger partial charge in [-0.1, -0.05) is 0 Å². The van der Waals surface area contributed by atoms with E-state index < -0.39 is 29.2 Å². The van der Waals surface area contributed by atoms with Crippen molar-refractivity contribution in [3.63, 3.8) is 0 Å². The van der Waals surface area contributed by atoms with Gasteiger partial charge in [-0.2, -0.15) is 13.2 Å². The van der Waals surface area contributed by atoms with Crippen LogP contribution in [0.3, 0.4) is 0 Å². The number of oxazole rings is 1. The molecule has 0 radical (unpaired) electrons. The van der Waals surface area contributed by atoms with Crippen molar-refractivity contribution in [2.75, 3.05) is 13.7 Å². The Morgan fingerprint density at radius 3 is 2.40 bits per heavy atom. The molecule has 0 fully saturated rings. The molecule has 0 amide bonds. The van der Waals surface area contributed by atoms with Gasteiger partial charge in [-0.3, -0.25) is 0 Å². The molecular formula is C12H16F3NO4. The smallest absolute Gasteiger partial charge is 0.437 e. The van der Waals surface area contributed by atoms with Crippen LogP contribution in [0.4, 0.5) is 13.2 Å². The third kappa shape index (κ3) is 3.96. The molecule has 1 aromatic heterocycles. The maximum absolute atomic E-state index is 12.8. The van der Waals surface area contributed by atoms with Crippen molar-refractivity contribution < 1.29 is 31.9 Å². The van der Waals surface area contributed by atoms with E-state index in [1.165, 1.54) is 14.0 Å². The number of nitrogens with zero attached hydrogens (tertiary/aromatic N) is 1. The van der Waals surface area contributed by atoms with E-state index in [4.69, 9.17) is 9.15 Å². The van der Waals surface area contributed by atoms with E-state index in [-0.39, 0.29) is 18.9 Å². The largest absolute Gasteiger partial charge is 0.460 e. The molecule has 1 rings (SSSR count). The van der Waals surface area contributed by atoms with Crippen LogP contribution in [0.5, 0.6) is 0 Å². The van der Waals surface area contributed by atoms with Crippen LogP contribution in [0, 0.1) is 0 Å². The van der Waals surface area contributed by atoms with Gasteiger partial charge in [-0.25, -0.2) is 9.78 Å². The van der Waals surface area contributed by atoms with Crippen LogP contribution in [0.2, 0.25) is 0 Å². The molecule has 0 aliphatic rings. The number of methoxy groups -OCH3 is 1. The molecule has 20 heavy (non-hydrogen) atoms. The average molecular weight is 295 g/mol. The highest BCUT2D eigenvalue weighted by Crippen LogP contribution is 2.33. The van der Waals surface area contributed by atoms with Crippen molar-refractivity contribution >= 4 is 5.97 Å². The monoisotopic (exact) mass is 295 g/mol. The Morgan fingerprint density at radius 1 is 1.35 bits per heavy atom. The second kappa shape index (κ2) is 5.82. The number of rotatable bonds is 5. The van der Waals surface area contributed by atoms with Crippen LogP contribution in [-0.2, 0) is 22.1 Å². The molecule has 0 saturated carbocycles. The first-order chi connectivity index (χ1) is 9.10. The summed E-state index contributed by atoms with van der Waals surface area (Å²) in [7, 11) is 1.42. The molecule has 0 spiro atoms. The zero-order valence-electron chi connectivity index (χ0n) is 11.6. The Kier molecular flexibility index (Phi) is 4.80. The number of halogens is 3. The van der Waals surface area contributed by atoms with E-state index in [2.05, 4.69) is 9.72 Å². The second-order valence-corrected chi connectivity index (χ2v) is 4.64. The van der Waals surface area contributed by atoms with Crippen molar-refractivity contribution in [1.82, 2.24) is 4.98 Å². The number of aromatic nitrogens is 1. The summed E-state index contributed by atoms with van der Waals surface area (Å²) in [5.74, 6) is -2.35. The van der Waals surface area contributed by atoms with E-state index >= 15 is 0 Å². The van der Waals surface area contributed by atoms with Gasteiger partial charge in [0.1, 0.15) is 0 Å². The average Bonchev–Trinajstić information content (AvgIpc) is 2.72. The topological polar surface area (TPSA) is 61.6 Å². The fourth-order valence-corrected chi connectivity index (χ4v) is 1.40. The van der Waals surface area contributed by atoms with Crippen molar-refractivity contribution in [3.05, 3.63) is 17.3 Å². The van der Waals surface area contributed by atoms with Gasteiger partial charge in [0.25, 0.3) is 0 Å². The molecule has 0 aliphatic carbocycles. The molecule has 0 N–H and O–H groups in total. The highest BCUT2D eigenvalue weighted by Gasteiger charge is 2.42. The summed E-state index contributed by atoms with van der Waals surface area (Å²) in [4.78, 5) is 14.8. The van der Waals surface area contributed by atoms with Crippen LogP contribution >= 0.6 is 0 Å². The van der Waals surface area contributed by atoms with Gasteiger partial charge in [0.05, 0.1) is 18.6 Å². The first-order valence-corrected chi connectivity index (χ1v) is 5.90. The highest BCUT2D eigenvalue weighted by molar-refractivity contribution is 5.87. The molecule has 114 valence electrons. The van der Waals surface area contributed by atoms with Crippen LogP contribution < -0.4 is 0 Å². The Bertz CT molecular complexity index is 480. The van der Waals surface area contributed by atoms with Crippen molar-refractivity contribution in [2.45, 2.75) is 39.0 Å². The molecule has 5 nitrogen and oxygen atoms in total. The summed E-state index contributed by atoms with van der Waals surface area (Å²) in [6.45, 7) is 4.75. The molecule has 0 unspecified atom stereocenters. The minimum Gasteiger partial charge on any atom is -0.460 e. The second-order valence-electron chi connectivity index (χ2n) is 4.64. The zero-order chi connectivity index (χ0) is 15.6. The van der Waals surface area contributed by atoms with Crippen LogP contribution in [0.25, 0.3) is 0 Å². The molecule has 0 atom stereocenters. The minimum atomic E-state index is -4.79. The van der Waals surface area contributed by atoms with Crippen molar-refractivity contribution in [1.29, 1.82) is 0 Å². The lowest BCUT2D eigenvalue weighted by molar-refractivity contribution is -0.141. The Labute approximate surface area is 114 Å². The van der Waals surface area contributed by atoms with E-state index in [1.807, 2.05) is 0 Å². The fraction of sp³-hybridized carbons (Fsp3) is 0.667. The van der Waals surface area contributed by atoms with Crippen LogP contribution in [0.15, 0.2) is 4.42 Å². The number of hydrogen-bond acceptors (Lipinski definition) is 5. The van der Waals surface area contributed by atoms with E-state index in [0.29, 0.717) is 0 Å². The predicted molar refractivity (Wildman–Crippen MR) is 62.3 cm³/mol. The maximum atomic E-state index is 12.8. The van der Waals surface area contributed by atoms with E-state index in [9.17, 15) is 18.0 Å². The number of esters is 1. The van der Waals surface area contributed by atoms with E-state index in [1.54, 1.807) is 13.8 Å². The van der Waals surface area contributed by atoms with Gasteiger partial charge in [-0.05, 0) is 20.8 Å². The maximum Gasteiger partial charge on any atom is 0.437 e. The number of ether oxygens (including phenoxy) is 2. The molecule has 1 heterocycles. The van der Waals surface area contributed by atoms with Crippen molar-refractivity contribution in [3.8, 4) is 0 Å². The summed E-state index contributed by atoms with van der Waals surface area (Å²) >= 11 is 0. The lowest BCUT2D eigenvalue weighted by atomic mass is 10.1. The molecule has 0 bridgehead atoms. The quantitative estimate of drug-likeness (QED) is 0.782. The summed E-state index contributed by atoms with van der Waals surface area (Å²) < 4.78 is 53.0. The molecule has 0 aliphatic heterocycles. The lowest BCUT2D eigenvalue weighted by Gasteiger charge is -2.20. The third-order valence-electron chi connectivity index (χ3n) is 2.53. The fourth-order valence-electron chi connectivity index (χ4n) is 1.40. The molecule has 0 aromatic carbocycles. The standard InChI is InChI=1S/C12H16F3NO4/c1-5-19-10(17)8-9(12(13,14)15)16-7(20-8)6-11(2,3)18-4/h5-6H2,1-4H3. The first-order valence-electron chi connectivity index (χ1n) is 5.90.